The third kappa shape index (κ3) is 5.06. The number of fused-ring (bicyclic) bond motifs is 1. The lowest BCUT2D eigenvalue weighted by molar-refractivity contribution is 0.163. The molecule has 11 nitrogen and oxygen atoms in total. The van der Waals surface area contributed by atoms with Crippen LogP contribution in [0.3, 0.4) is 0 Å². The maximum absolute atomic E-state index is 12.8. The molecular formula is C21H29N5O6S. The molecule has 0 atom stereocenters. The van der Waals surface area contributed by atoms with Gasteiger partial charge in [-0.15, -0.1) is 0 Å². The summed E-state index contributed by atoms with van der Waals surface area (Å²) >= 11 is 0. The summed E-state index contributed by atoms with van der Waals surface area (Å²) in [5.41, 5.74) is 0.779. The highest BCUT2D eigenvalue weighted by Crippen LogP contribution is 2.35. The van der Waals surface area contributed by atoms with Gasteiger partial charge < -0.3 is 24.2 Å². The van der Waals surface area contributed by atoms with Crippen LogP contribution in [0.25, 0.3) is 10.9 Å². The number of carbonyl (C=O) groups is 1. The number of urea groups is 1. The SMILES string of the molecule is COc1cc2ncnc(N3CCC(N4CCN(CCOS(C)(=O)=O)C4=O)CC3)c2cc1OC. The monoisotopic (exact) mass is 479 g/mol. The highest BCUT2D eigenvalue weighted by molar-refractivity contribution is 7.85. The van der Waals surface area contributed by atoms with Gasteiger partial charge >= 0.3 is 6.03 Å². The number of benzene rings is 1. The molecule has 1 aromatic carbocycles. The Hall–Kier alpha value is -2.86. The van der Waals surface area contributed by atoms with E-state index in [-0.39, 0.29) is 25.2 Å². The van der Waals surface area contributed by atoms with Crippen LogP contribution in [-0.4, -0.2) is 100 Å². The highest BCUT2D eigenvalue weighted by atomic mass is 32.2. The summed E-state index contributed by atoms with van der Waals surface area (Å²) in [5.74, 6) is 2.08. The highest BCUT2D eigenvalue weighted by Gasteiger charge is 2.35. The predicted octanol–water partition coefficient (Wildman–Crippen LogP) is 1.33. The van der Waals surface area contributed by atoms with Crippen molar-refractivity contribution in [2.75, 3.05) is 64.7 Å². The van der Waals surface area contributed by atoms with Gasteiger partial charge in [0.2, 0.25) is 0 Å². The lowest BCUT2D eigenvalue weighted by Gasteiger charge is -2.37. The van der Waals surface area contributed by atoms with Crippen LogP contribution in [0.2, 0.25) is 0 Å². The lowest BCUT2D eigenvalue weighted by Crippen LogP contribution is -2.47. The van der Waals surface area contributed by atoms with E-state index in [0.29, 0.717) is 24.6 Å². The summed E-state index contributed by atoms with van der Waals surface area (Å²) in [7, 11) is -0.314. The van der Waals surface area contributed by atoms with E-state index in [1.165, 1.54) is 0 Å². The van der Waals surface area contributed by atoms with Crippen molar-refractivity contribution in [2.24, 2.45) is 0 Å². The molecule has 0 spiro atoms. The van der Waals surface area contributed by atoms with Crippen LogP contribution in [0.4, 0.5) is 10.6 Å². The third-order valence-corrected chi connectivity index (χ3v) is 6.70. The van der Waals surface area contributed by atoms with Crippen molar-refractivity contribution in [3.05, 3.63) is 18.5 Å². The van der Waals surface area contributed by atoms with Gasteiger partial charge in [-0.3, -0.25) is 4.18 Å². The summed E-state index contributed by atoms with van der Waals surface area (Å²) in [6.07, 6.45) is 4.19. The van der Waals surface area contributed by atoms with Crippen molar-refractivity contribution in [1.82, 2.24) is 19.8 Å². The van der Waals surface area contributed by atoms with Gasteiger partial charge in [-0.2, -0.15) is 8.42 Å². The second kappa shape index (κ2) is 9.56. The second-order valence-electron chi connectivity index (χ2n) is 8.13. The molecule has 0 bridgehead atoms. The van der Waals surface area contributed by atoms with Gasteiger partial charge in [0.05, 0.1) is 32.6 Å². The van der Waals surface area contributed by atoms with E-state index >= 15 is 0 Å². The van der Waals surface area contributed by atoms with Crippen molar-refractivity contribution < 1.29 is 26.9 Å². The number of amides is 2. The zero-order valence-electron chi connectivity index (χ0n) is 19.1. The summed E-state index contributed by atoms with van der Waals surface area (Å²) in [5, 5.41) is 0.892. The number of piperidine rings is 1. The molecule has 2 aromatic rings. The van der Waals surface area contributed by atoms with Gasteiger partial charge in [0.1, 0.15) is 12.1 Å². The van der Waals surface area contributed by atoms with Crippen LogP contribution in [0.5, 0.6) is 11.5 Å². The first-order valence-electron chi connectivity index (χ1n) is 10.8. The number of aromatic nitrogens is 2. The number of nitrogens with zero attached hydrogens (tertiary/aromatic N) is 5. The Bertz CT molecular complexity index is 1120. The maximum Gasteiger partial charge on any atom is 0.320 e. The lowest BCUT2D eigenvalue weighted by atomic mass is 10.0. The van der Waals surface area contributed by atoms with E-state index in [1.54, 1.807) is 25.4 Å². The van der Waals surface area contributed by atoms with Crippen LogP contribution in [0.1, 0.15) is 12.8 Å². The number of anilines is 1. The predicted molar refractivity (Wildman–Crippen MR) is 122 cm³/mol. The van der Waals surface area contributed by atoms with Crippen LogP contribution in [0, 0.1) is 0 Å². The molecule has 3 heterocycles. The Balaban J connectivity index is 1.40. The standard InChI is InChI=1S/C21H29N5O6S/c1-30-18-12-16-17(13-19(18)31-2)22-14-23-20(16)24-6-4-15(5-7-24)26-9-8-25(21(26)27)10-11-32-33(3,28)29/h12-15H,4-11H2,1-3H3. The molecule has 2 aliphatic heterocycles. The van der Waals surface area contributed by atoms with Crippen molar-refractivity contribution in [3.8, 4) is 11.5 Å². The zero-order chi connectivity index (χ0) is 23.6. The quantitative estimate of drug-likeness (QED) is 0.517. The Labute approximate surface area is 193 Å². The maximum atomic E-state index is 12.8. The minimum absolute atomic E-state index is 0.0219. The largest absolute Gasteiger partial charge is 0.493 e. The third-order valence-electron chi connectivity index (χ3n) is 6.11. The topological polar surface area (TPSA) is 114 Å². The average molecular weight is 480 g/mol. The zero-order valence-corrected chi connectivity index (χ0v) is 19.9. The van der Waals surface area contributed by atoms with Crippen LogP contribution in [-0.2, 0) is 14.3 Å². The molecule has 0 N–H and O–H groups in total. The molecule has 0 radical (unpaired) electrons. The first kappa shape index (κ1) is 23.3. The molecule has 33 heavy (non-hydrogen) atoms. The van der Waals surface area contributed by atoms with Gasteiger partial charge in [-0.1, -0.05) is 0 Å². The molecule has 12 heteroatoms. The Morgan fingerprint density at radius 2 is 1.73 bits per heavy atom. The normalized spacial score (nSPS) is 17.8. The smallest absolute Gasteiger partial charge is 0.320 e. The molecule has 1 aromatic heterocycles. The molecular weight excluding hydrogens is 450 g/mol. The van der Waals surface area contributed by atoms with Crippen molar-refractivity contribution >= 4 is 32.9 Å². The Morgan fingerprint density at radius 3 is 2.39 bits per heavy atom. The Morgan fingerprint density at radius 1 is 1.03 bits per heavy atom. The number of rotatable bonds is 8. The molecule has 2 amide bonds. The van der Waals surface area contributed by atoms with Crippen LogP contribution in [0.15, 0.2) is 18.5 Å². The van der Waals surface area contributed by atoms with E-state index < -0.39 is 10.1 Å². The molecule has 2 fully saturated rings. The van der Waals surface area contributed by atoms with Crippen LogP contribution >= 0.6 is 0 Å². The number of methoxy groups -OCH3 is 2. The number of hydrogen-bond acceptors (Lipinski definition) is 9. The fourth-order valence-corrected chi connectivity index (χ4v) is 4.83. The van der Waals surface area contributed by atoms with Crippen molar-refractivity contribution in [1.29, 1.82) is 0 Å². The van der Waals surface area contributed by atoms with E-state index in [2.05, 4.69) is 14.9 Å². The Kier molecular flexibility index (Phi) is 6.75. The molecule has 4 rings (SSSR count). The van der Waals surface area contributed by atoms with E-state index in [1.807, 2.05) is 17.0 Å². The first-order valence-corrected chi connectivity index (χ1v) is 12.6. The number of hydrogen-bond donors (Lipinski definition) is 0. The molecule has 0 aliphatic carbocycles. The van der Waals surface area contributed by atoms with Gasteiger partial charge in [-0.05, 0) is 18.9 Å². The van der Waals surface area contributed by atoms with E-state index in [4.69, 9.17) is 13.7 Å². The summed E-state index contributed by atoms with van der Waals surface area (Å²) < 4.78 is 37.9. The van der Waals surface area contributed by atoms with Crippen molar-refractivity contribution in [3.63, 3.8) is 0 Å². The second-order valence-corrected chi connectivity index (χ2v) is 9.77. The molecule has 2 saturated heterocycles. The summed E-state index contributed by atoms with van der Waals surface area (Å²) in [6.45, 7) is 2.96. The van der Waals surface area contributed by atoms with Gasteiger partial charge in [0.25, 0.3) is 10.1 Å². The molecule has 180 valence electrons. The molecule has 0 unspecified atom stereocenters. The first-order chi connectivity index (χ1) is 15.8. The van der Waals surface area contributed by atoms with Gasteiger partial charge in [0, 0.05) is 50.2 Å². The van der Waals surface area contributed by atoms with Crippen molar-refractivity contribution in [2.45, 2.75) is 18.9 Å². The summed E-state index contributed by atoms with van der Waals surface area (Å²) in [6, 6.07) is 3.82. The van der Waals surface area contributed by atoms with E-state index in [0.717, 1.165) is 48.9 Å². The molecule has 0 saturated carbocycles. The van der Waals surface area contributed by atoms with Gasteiger partial charge in [0.15, 0.2) is 11.5 Å². The summed E-state index contributed by atoms with van der Waals surface area (Å²) in [4.78, 5) is 27.5. The fraction of sp³-hybridized carbons (Fsp3) is 0.571. The molecule has 2 aliphatic rings. The minimum atomic E-state index is -3.51. The number of carbonyl (C=O) groups excluding carboxylic acids is 1. The van der Waals surface area contributed by atoms with E-state index in [9.17, 15) is 13.2 Å². The minimum Gasteiger partial charge on any atom is -0.493 e. The fourth-order valence-electron chi connectivity index (χ4n) is 4.46. The number of ether oxygens (including phenoxy) is 2. The van der Waals surface area contributed by atoms with Gasteiger partial charge in [-0.25, -0.2) is 14.8 Å². The van der Waals surface area contributed by atoms with Crippen LogP contribution < -0.4 is 14.4 Å². The average Bonchev–Trinajstić information content (AvgIpc) is 3.17.